The van der Waals surface area contributed by atoms with E-state index >= 15 is 0 Å². The minimum atomic E-state index is 0. The molecule has 84 valence electrons. The predicted molar refractivity (Wildman–Crippen MR) is 54.4 cm³/mol. The average molecular weight is 233 g/mol. The van der Waals surface area contributed by atoms with E-state index in [9.17, 15) is 0 Å². The van der Waals surface area contributed by atoms with Crippen LogP contribution in [0.1, 0.15) is 6.42 Å². The van der Waals surface area contributed by atoms with E-state index in [-0.39, 0.29) is 24.8 Å². The number of nitrogens with zero attached hydrogens (tertiary/aromatic N) is 2. The second-order valence-corrected chi connectivity index (χ2v) is 4.01. The summed E-state index contributed by atoms with van der Waals surface area (Å²) in [6.45, 7) is 1.98. The molecule has 0 aromatic heterocycles. The number of halogens is 2. The zero-order valence-electron chi connectivity index (χ0n) is 9.21. The van der Waals surface area contributed by atoms with Gasteiger partial charge in [0.05, 0.1) is 34.3 Å². The number of hydroxylamine groups is 2. The van der Waals surface area contributed by atoms with E-state index in [2.05, 4.69) is 21.1 Å². The predicted octanol–water partition coefficient (Wildman–Crippen LogP) is -2.00. The fourth-order valence-corrected chi connectivity index (χ4v) is 0.786. The van der Waals surface area contributed by atoms with Crippen LogP contribution in [0.3, 0.4) is 0 Å². The summed E-state index contributed by atoms with van der Waals surface area (Å²) in [7, 11) is 10.4. The van der Waals surface area contributed by atoms with E-state index in [0.717, 1.165) is 24.1 Å². The van der Waals surface area contributed by atoms with Crippen molar-refractivity contribution in [2.24, 2.45) is 0 Å². The van der Waals surface area contributed by atoms with Crippen LogP contribution in [0, 0.1) is 0 Å². The molecule has 5 heteroatoms. The molecule has 0 radical (unpaired) electrons. The van der Waals surface area contributed by atoms with Crippen LogP contribution < -0.4 is 12.4 Å². The Morgan fingerprint density at radius 1 is 1.15 bits per heavy atom. The summed E-state index contributed by atoms with van der Waals surface area (Å²) in [6.07, 6.45) is 1.11. The molecule has 0 amide bonds. The highest BCUT2D eigenvalue weighted by molar-refractivity contribution is 5.85. The molecule has 0 rings (SSSR count). The van der Waals surface area contributed by atoms with Gasteiger partial charge in [-0.1, -0.05) is 0 Å². The molecular formula is C8H22Cl2N2O. The molecule has 0 aliphatic heterocycles. The minimum absolute atomic E-state index is 0. The van der Waals surface area contributed by atoms with E-state index in [1.807, 2.05) is 14.1 Å². The van der Waals surface area contributed by atoms with E-state index in [4.69, 9.17) is 4.84 Å². The Balaban J connectivity index is -0.000000500. The first-order valence-electron chi connectivity index (χ1n) is 4.02. The molecule has 0 aliphatic rings. The normalized spacial score (nSPS) is 10.6. The van der Waals surface area contributed by atoms with Crippen LogP contribution in [-0.2, 0) is 4.84 Å². The van der Waals surface area contributed by atoms with Gasteiger partial charge in [-0.3, -0.25) is 4.84 Å². The molecule has 0 fully saturated rings. The number of rotatable bonds is 5. The standard InChI is InChI=1S/C8H21N2O.2ClH/c1-9(2)11-8-6-7-10(3,4)5;;/h6-8H2,1-5H3;2*1H/q+1;;/p-1. The van der Waals surface area contributed by atoms with Crippen molar-refractivity contribution >= 4 is 12.4 Å². The van der Waals surface area contributed by atoms with Crippen molar-refractivity contribution in [1.82, 2.24) is 5.06 Å². The van der Waals surface area contributed by atoms with Gasteiger partial charge in [0.1, 0.15) is 0 Å². The Morgan fingerprint density at radius 3 is 1.92 bits per heavy atom. The minimum Gasteiger partial charge on any atom is -1.00 e. The zero-order chi connectivity index (χ0) is 8.91. The van der Waals surface area contributed by atoms with Crippen LogP contribution in [0.2, 0.25) is 0 Å². The van der Waals surface area contributed by atoms with Gasteiger partial charge in [0.15, 0.2) is 0 Å². The Kier molecular flexibility index (Phi) is 13.3. The van der Waals surface area contributed by atoms with Crippen LogP contribution in [0.25, 0.3) is 0 Å². The van der Waals surface area contributed by atoms with Gasteiger partial charge < -0.3 is 16.9 Å². The van der Waals surface area contributed by atoms with E-state index in [1.54, 1.807) is 5.06 Å². The van der Waals surface area contributed by atoms with Crippen molar-refractivity contribution in [3.8, 4) is 0 Å². The molecule has 0 spiro atoms. The van der Waals surface area contributed by atoms with Crippen molar-refractivity contribution in [3.05, 3.63) is 0 Å². The number of hydrogen-bond acceptors (Lipinski definition) is 2. The molecule has 0 aliphatic carbocycles. The summed E-state index contributed by atoms with van der Waals surface area (Å²) in [5, 5.41) is 1.75. The molecule has 0 saturated heterocycles. The van der Waals surface area contributed by atoms with Gasteiger partial charge in [0.25, 0.3) is 0 Å². The highest BCUT2D eigenvalue weighted by Crippen LogP contribution is 1.94. The molecule has 0 aromatic rings. The Morgan fingerprint density at radius 2 is 1.62 bits per heavy atom. The number of hydrogen-bond donors (Lipinski definition) is 0. The molecule has 0 N–H and O–H groups in total. The molecule has 0 aromatic carbocycles. The SMILES string of the molecule is CN(C)OCCC[N+](C)(C)C.Cl.[Cl-]. The lowest BCUT2D eigenvalue weighted by atomic mass is 10.4. The van der Waals surface area contributed by atoms with Crippen LogP contribution >= 0.6 is 12.4 Å². The van der Waals surface area contributed by atoms with Crippen molar-refractivity contribution in [2.45, 2.75) is 6.42 Å². The highest BCUT2D eigenvalue weighted by atomic mass is 35.5. The van der Waals surface area contributed by atoms with Crippen LogP contribution in [0.4, 0.5) is 0 Å². The largest absolute Gasteiger partial charge is 1.00 e. The molecule has 0 saturated carbocycles. The van der Waals surface area contributed by atoms with E-state index in [1.165, 1.54) is 0 Å². The zero-order valence-corrected chi connectivity index (χ0v) is 10.8. The smallest absolute Gasteiger partial charge is 0.0803 e. The van der Waals surface area contributed by atoms with Gasteiger partial charge in [0.2, 0.25) is 0 Å². The third-order valence-corrected chi connectivity index (χ3v) is 1.32. The quantitative estimate of drug-likeness (QED) is 0.309. The third-order valence-electron chi connectivity index (χ3n) is 1.32. The third kappa shape index (κ3) is 19.0. The lowest BCUT2D eigenvalue weighted by molar-refractivity contribution is -0.870. The fraction of sp³-hybridized carbons (Fsp3) is 1.00. The van der Waals surface area contributed by atoms with E-state index in [0.29, 0.717) is 0 Å². The first kappa shape index (κ1) is 19.1. The summed E-state index contributed by atoms with van der Waals surface area (Å²) >= 11 is 0. The summed E-state index contributed by atoms with van der Waals surface area (Å²) in [5.41, 5.74) is 0. The maximum absolute atomic E-state index is 5.26. The summed E-state index contributed by atoms with van der Waals surface area (Å²) < 4.78 is 1.01. The monoisotopic (exact) mass is 232 g/mol. The van der Waals surface area contributed by atoms with E-state index < -0.39 is 0 Å². The maximum Gasteiger partial charge on any atom is 0.0803 e. The van der Waals surface area contributed by atoms with Gasteiger partial charge in [-0.05, 0) is 0 Å². The molecule has 0 unspecified atom stereocenters. The lowest BCUT2D eigenvalue weighted by Crippen LogP contribution is -3.00. The van der Waals surface area contributed by atoms with Gasteiger partial charge in [0, 0.05) is 20.5 Å². The van der Waals surface area contributed by atoms with Crippen molar-refractivity contribution < 1.29 is 21.7 Å². The van der Waals surface area contributed by atoms with Crippen molar-refractivity contribution in [1.29, 1.82) is 0 Å². The average Bonchev–Trinajstić information content (AvgIpc) is 1.78. The molecule has 3 nitrogen and oxygen atoms in total. The summed E-state index contributed by atoms with van der Waals surface area (Å²) in [6, 6.07) is 0. The molecular weight excluding hydrogens is 211 g/mol. The molecule has 13 heavy (non-hydrogen) atoms. The Bertz CT molecular complexity index is 105. The maximum atomic E-state index is 5.26. The molecule has 0 atom stereocenters. The fourth-order valence-electron chi connectivity index (χ4n) is 0.786. The van der Waals surface area contributed by atoms with Gasteiger partial charge in [-0.25, -0.2) is 0 Å². The van der Waals surface area contributed by atoms with Crippen LogP contribution in [0.15, 0.2) is 0 Å². The van der Waals surface area contributed by atoms with Crippen molar-refractivity contribution in [2.75, 3.05) is 48.4 Å². The molecule has 0 heterocycles. The van der Waals surface area contributed by atoms with Crippen LogP contribution in [0.5, 0.6) is 0 Å². The molecule has 0 bridgehead atoms. The topological polar surface area (TPSA) is 12.5 Å². The first-order valence-corrected chi connectivity index (χ1v) is 4.02. The second kappa shape index (κ2) is 9.03. The summed E-state index contributed by atoms with van der Waals surface area (Å²) in [4.78, 5) is 5.26. The lowest BCUT2D eigenvalue weighted by Gasteiger charge is -2.23. The van der Waals surface area contributed by atoms with Crippen LogP contribution in [-0.4, -0.2) is 57.9 Å². The van der Waals surface area contributed by atoms with Gasteiger partial charge >= 0.3 is 0 Å². The number of quaternary nitrogens is 1. The van der Waals surface area contributed by atoms with Crippen molar-refractivity contribution in [3.63, 3.8) is 0 Å². The highest BCUT2D eigenvalue weighted by Gasteiger charge is 2.05. The van der Waals surface area contributed by atoms with Gasteiger partial charge in [-0.15, -0.1) is 12.4 Å². The Hall–Kier alpha value is 0.460. The van der Waals surface area contributed by atoms with Gasteiger partial charge in [-0.2, -0.15) is 5.06 Å². The second-order valence-electron chi connectivity index (χ2n) is 4.01. The summed E-state index contributed by atoms with van der Waals surface area (Å²) in [5.74, 6) is 0. The first-order chi connectivity index (χ1) is 4.92. The Labute approximate surface area is 94.4 Å².